The topological polar surface area (TPSA) is 69.7 Å². The molecule has 6 nitrogen and oxygen atoms in total. The highest BCUT2D eigenvalue weighted by Crippen LogP contribution is 2.42. The Morgan fingerprint density at radius 1 is 1.23 bits per heavy atom. The van der Waals surface area contributed by atoms with E-state index in [9.17, 15) is 14.4 Å². The molecule has 1 saturated carbocycles. The van der Waals surface area contributed by atoms with Crippen LogP contribution >= 0.6 is 0 Å². The fraction of sp³-hybridized carbons (Fsp3) is 0.550. The van der Waals surface area contributed by atoms with E-state index in [-0.39, 0.29) is 24.3 Å². The van der Waals surface area contributed by atoms with Crippen LogP contribution in [0.1, 0.15) is 46.1 Å². The van der Waals surface area contributed by atoms with Crippen LogP contribution in [0.4, 0.5) is 4.79 Å². The lowest BCUT2D eigenvalue weighted by molar-refractivity contribution is -0.142. The van der Waals surface area contributed by atoms with Crippen LogP contribution in [0.25, 0.3) is 0 Å². The lowest BCUT2D eigenvalue weighted by Gasteiger charge is -2.36. The molecule has 0 aromatic heterocycles. The predicted octanol–water partition coefficient (Wildman–Crippen LogP) is 2.53. The Balaban J connectivity index is 1.75. The highest BCUT2D eigenvalue weighted by molar-refractivity contribution is 6.09. The summed E-state index contributed by atoms with van der Waals surface area (Å²) in [4.78, 5) is 40.9. The van der Waals surface area contributed by atoms with E-state index in [2.05, 4.69) is 5.32 Å². The molecule has 1 aromatic rings. The molecule has 1 heterocycles. The first-order valence-corrected chi connectivity index (χ1v) is 9.11. The molecule has 0 spiro atoms. The minimum absolute atomic E-state index is 0.182. The van der Waals surface area contributed by atoms with Gasteiger partial charge >= 0.3 is 6.03 Å². The van der Waals surface area contributed by atoms with Gasteiger partial charge < -0.3 is 10.2 Å². The normalized spacial score (nSPS) is 23.2. The first kappa shape index (κ1) is 18.4. The number of carbonyl (C=O) groups excluding carboxylic acids is 3. The number of urea groups is 1. The lowest BCUT2D eigenvalue weighted by Crippen LogP contribution is -2.51. The fourth-order valence-corrected chi connectivity index (χ4v) is 3.48. The van der Waals surface area contributed by atoms with Gasteiger partial charge in [-0.25, -0.2) is 4.79 Å². The standard InChI is InChI=1S/C20H27N3O3/c1-19(2,3)23(12-14-8-6-5-7-9-14)16(24)13-22-17(25)20(4,15-10-11-15)21-18(22)26/h5-9,15H,10-13H2,1-4H3,(H,21,26). The largest absolute Gasteiger partial charge is 0.332 e. The van der Waals surface area contributed by atoms with Crippen molar-refractivity contribution in [1.82, 2.24) is 15.1 Å². The van der Waals surface area contributed by atoms with Crippen LogP contribution in [0.15, 0.2) is 30.3 Å². The van der Waals surface area contributed by atoms with Crippen molar-refractivity contribution in [2.24, 2.45) is 5.92 Å². The predicted molar refractivity (Wildman–Crippen MR) is 98.1 cm³/mol. The lowest BCUT2D eigenvalue weighted by atomic mass is 9.96. The molecule has 26 heavy (non-hydrogen) atoms. The maximum atomic E-state index is 13.0. The summed E-state index contributed by atoms with van der Waals surface area (Å²) in [6, 6.07) is 9.25. The van der Waals surface area contributed by atoms with E-state index < -0.39 is 17.1 Å². The van der Waals surface area contributed by atoms with Crippen molar-refractivity contribution >= 4 is 17.8 Å². The number of imide groups is 1. The van der Waals surface area contributed by atoms with E-state index in [1.54, 1.807) is 11.8 Å². The van der Waals surface area contributed by atoms with Crippen molar-refractivity contribution in [2.45, 2.75) is 58.2 Å². The molecule has 2 fully saturated rings. The molecule has 1 N–H and O–H groups in total. The van der Waals surface area contributed by atoms with Crippen molar-refractivity contribution < 1.29 is 14.4 Å². The number of nitrogens with zero attached hydrogens (tertiary/aromatic N) is 2. The summed E-state index contributed by atoms with van der Waals surface area (Å²) in [5, 5.41) is 2.79. The molecule has 2 aliphatic rings. The van der Waals surface area contributed by atoms with Crippen LogP contribution in [-0.2, 0) is 16.1 Å². The van der Waals surface area contributed by atoms with Crippen LogP contribution in [0, 0.1) is 5.92 Å². The molecule has 6 heteroatoms. The van der Waals surface area contributed by atoms with Crippen LogP contribution in [-0.4, -0.2) is 45.3 Å². The van der Waals surface area contributed by atoms with Gasteiger partial charge in [0.2, 0.25) is 5.91 Å². The highest BCUT2D eigenvalue weighted by Gasteiger charge is 2.56. The molecule has 0 radical (unpaired) electrons. The van der Waals surface area contributed by atoms with Crippen molar-refractivity contribution in [3.63, 3.8) is 0 Å². The van der Waals surface area contributed by atoms with Gasteiger partial charge in [0.25, 0.3) is 5.91 Å². The van der Waals surface area contributed by atoms with Gasteiger partial charge in [0, 0.05) is 12.1 Å². The highest BCUT2D eigenvalue weighted by atomic mass is 16.2. The van der Waals surface area contributed by atoms with Crippen molar-refractivity contribution in [1.29, 1.82) is 0 Å². The van der Waals surface area contributed by atoms with Crippen LogP contribution in [0.3, 0.4) is 0 Å². The number of rotatable bonds is 5. The average molecular weight is 357 g/mol. The third-order valence-corrected chi connectivity index (χ3v) is 5.28. The number of nitrogens with one attached hydrogen (secondary N) is 1. The van der Waals surface area contributed by atoms with Gasteiger partial charge in [-0.15, -0.1) is 0 Å². The van der Waals surface area contributed by atoms with Crippen LogP contribution in [0.2, 0.25) is 0 Å². The minimum atomic E-state index is -0.858. The molecular formula is C20H27N3O3. The van der Waals surface area contributed by atoms with Gasteiger partial charge in [-0.1, -0.05) is 30.3 Å². The molecule has 0 bridgehead atoms. The van der Waals surface area contributed by atoms with E-state index in [0.29, 0.717) is 6.54 Å². The summed E-state index contributed by atoms with van der Waals surface area (Å²) in [5.74, 6) is -0.334. The summed E-state index contributed by atoms with van der Waals surface area (Å²) in [6.45, 7) is 7.83. The summed E-state index contributed by atoms with van der Waals surface area (Å²) < 4.78 is 0. The zero-order valence-corrected chi connectivity index (χ0v) is 15.9. The van der Waals surface area contributed by atoms with Gasteiger partial charge in [0.05, 0.1) is 0 Å². The number of hydrogen-bond acceptors (Lipinski definition) is 3. The molecule has 4 amide bonds. The second kappa shape index (κ2) is 6.41. The van der Waals surface area contributed by atoms with Crippen molar-refractivity contribution in [3.8, 4) is 0 Å². The Kier molecular flexibility index (Phi) is 4.54. The second-order valence-corrected chi connectivity index (χ2v) is 8.43. The number of hydrogen-bond donors (Lipinski definition) is 1. The van der Waals surface area contributed by atoms with Gasteiger partial charge in [0.15, 0.2) is 0 Å². The Labute approximate surface area is 154 Å². The molecule has 1 unspecified atom stereocenters. The summed E-state index contributed by atoms with van der Waals surface area (Å²) in [5.41, 5.74) is -0.272. The molecule has 1 atom stereocenters. The zero-order valence-electron chi connectivity index (χ0n) is 15.9. The average Bonchev–Trinajstić information content (AvgIpc) is 3.39. The van der Waals surface area contributed by atoms with Gasteiger partial charge in [-0.05, 0) is 52.0 Å². The van der Waals surface area contributed by atoms with Gasteiger partial charge in [-0.2, -0.15) is 0 Å². The Hall–Kier alpha value is -2.37. The van der Waals surface area contributed by atoms with E-state index in [1.165, 1.54) is 0 Å². The fourth-order valence-electron chi connectivity index (χ4n) is 3.48. The molecule has 1 aromatic carbocycles. The molecule has 1 aliphatic carbocycles. The zero-order chi connectivity index (χ0) is 19.1. The summed E-state index contributed by atoms with van der Waals surface area (Å²) >= 11 is 0. The molecule has 1 aliphatic heterocycles. The molecule has 1 saturated heterocycles. The molecule has 140 valence electrons. The summed E-state index contributed by atoms with van der Waals surface area (Å²) in [6.07, 6.45) is 1.87. The third-order valence-electron chi connectivity index (χ3n) is 5.28. The maximum absolute atomic E-state index is 13.0. The third kappa shape index (κ3) is 3.45. The van der Waals surface area contributed by atoms with Gasteiger partial charge in [0.1, 0.15) is 12.1 Å². The van der Waals surface area contributed by atoms with E-state index in [0.717, 1.165) is 23.3 Å². The van der Waals surface area contributed by atoms with Gasteiger partial charge in [-0.3, -0.25) is 14.5 Å². The SMILES string of the molecule is CC1(C2CC2)NC(=O)N(CC(=O)N(Cc2ccccc2)C(C)(C)C)C1=O. The molecule has 3 rings (SSSR count). The number of benzene rings is 1. The Morgan fingerprint density at radius 3 is 2.38 bits per heavy atom. The number of amides is 4. The van der Waals surface area contributed by atoms with Crippen molar-refractivity contribution in [2.75, 3.05) is 6.54 Å². The Bertz CT molecular complexity index is 722. The first-order valence-electron chi connectivity index (χ1n) is 9.11. The maximum Gasteiger partial charge on any atom is 0.325 e. The quantitative estimate of drug-likeness (QED) is 0.823. The summed E-state index contributed by atoms with van der Waals surface area (Å²) in [7, 11) is 0. The molecular weight excluding hydrogens is 330 g/mol. The van der Waals surface area contributed by atoms with E-state index in [1.807, 2.05) is 51.1 Å². The first-order chi connectivity index (χ1) is 12.1. The second-order valence-electron chi connectivity index (χ2n) is 8.43. The minimum Gasteiger partial charge on any atom is -0.332 e. The van der Waals surface area contributed by atoms with Crippen LogP contribution in [0.5, 0.6) is 0 Å². The smallest absolute Gasteiger partial charge is 0.325 e. The van der Waals surface area contributed by atoms with E-state index >= 15 is 0 Å². The van der Waals surface area contributed by atoms with Crippen molar-refractivity contribution in [3.05, 3.63) is 35.9 Å². The van der Waals surface area contributed by atoms with E-state index in [4.69, 9.17) is 0 Å². The number of carbonyl (C=O) groups is 3. The Morgan fingerprint density at radius 2 is 1.85 bits per heavy atom. The monoisotopic (exact) mass is 357 g/mol. The van der Waals surface area contributed by atoms with Crippen LogP contribution < -0.4 is 5.32 Å².